The molecule has 0 aliphatic carbocycles. The van der Waals surface area contributed by atoms with E-state index < -0.39 is 0 Å². The van der Waals surface area contributed by atoms with Gasteiger partial charge in [0.25, 0.3) is 5.91 Å². The van der Waals surface area contributed by atoms with E-state index in [-0.39, 0.29) is 55.4 Å². The molecule has 1 heterocycles. The van der Waals surface area contributed by atoms with Crippen LogP contribution in [0.2, 0.25) is 0 Å². The summed E-state index contributed by atoms with van der Waals surface area (Å²) in [5.41, 5.74) is 4.05. The van der Waals surface area contributed by atoms with Crippen LogP contribution in [0.15, 0.2) is 48.5 Å². The van der Waals surface area contributed by atoms with Gasteiger partial charge >= 0.3 is 0 Å². The van der Waals surface area contributed by atoms with E-state index >= 15 is 0 Å². The summed E-state index contributed by atoms with van der Waals surface area (Å²) in [6, 6.07) is 12.0. The molecule has 2 aromatic rings. The van der Waals surface area contributed by atoms with Gasteiger partial charge in [0.15, 0.2) is 0 Å². The van der Waals surface area contributed by atoms with Gasteiger partial charge in [-0.25, -0.2) is 9.40 Å². The normalized spacial score (nSPS) is 13.5. The Balaban J connectivity index is 1.59. The Labute approximate surface area is 179 Å². The predicted octanol–water partition coefficient (Wildman–Crippen LogP) is 1.76. The summed E-state index contributed by atoms with van der Waals surface area (Å²) >= 11 is 0. The van der Waals surface area contributed by atoms with Gasteiger partial charge in [0.1, 0.15) is 5.82 Å². The van der Waals surface area contributed by atoms with Crippen LogP contribution in [0.4, 0.5) is 10.1 Å². The minimum absolute atomic E-state index is 0.126. The largest absolute Gasteiger partial charge is 0.350 e. The monoisotopic (exact) mass is 426 g/mol. The molecule has 0 unspecified atom stereocenters. The van der Waals surface area contributed by atoms with Crippen LogP contribution < -0.4 is 15.8 Å². The zero-order chi connectivity index (χ0) is 22.4. The van der Waals surface area contributed by atoms with Crippen LogP contribution in [-0.2, 0) is 20.9 Å². The van der Waals surface area contributed by atoms with Crippen molar-refractivity contribution >= 4 is 29.3 Å². The van der Waals surface area contributed by atoms with Gasteiger partial charge in [-0.1, -0.05) is 12.1 Å². The third-order valence-corrected chi connectivity index (χ3v) is 4.83. The first-order valence-corrected chi connectivity index (χ1v) is 9.90. The molecule has 2 aromatic carbocycles. The topological polar surface area (TPSA) is 98.8 Å². The van der Waals surface area contributed by atoms with Crippen molar-refractivity contribution in [2.45, 2.75) is 26.3 Å². The van der Waals surface area contributed by atoms with Crippen LogP contribution >= 0.6 is 0 Å². The van der Waals surface area contributed by atoms with E-state index in [0.29, 0.717) is 17.8 Å². The predicted molar refractivity (Wildman–Crippen MR) is 111 cm³/mol. The highest BCUT2D eigenvalue weighted by molar-refractivity contribution is 6.02. The summed E-state index contributed by atoms with van der Waals surface area (Å²) in [6.45, 7) is 2.20. The number of hydrazine groups is 1. The molecule has 0 aromatic heterocycles. The van der Waals surface area contributed by atoms with Crippen molar-refractivity contribution in [3.05, 3.63) is 65.5 Å². The third-order valence-electron chi connectivity index (χ3n) is 4.83. The second-order valence-corrected chi connectivity index (χ2v) is 7.03. The number of rotatable bonds is 7. The second-order valence-electron chi connectivity index (χ2n) is 7.03. The number of likely N-dealkylation sites (N-methyl/N-ethyl adjacent to an activating group) is 1. The summed E-state index contributed by atoms with van der Waals surface area (Å²) in [6.07, 6.45) is 0.281. The molecule has 0 atom stereocenters. The fraction of sp³-hybridized carbons (Fsp3) is 0.273. The van der Waals surface area contributed by atoms with Crippen LogP contribution in [0, 0.1) is 5.82 Å². The van der Waals surface area contributed by atoms with E-state index in [1.165, 1.54) is 22.0 Å². The first kappa shape index (κ1) is 21.9. The molecule has 1 aliphatic rings. The number of halogens is 1. The Bertz CT molecular complexity index is 976. The fourth-order valence-electron chi connectivity index (χ4n) is 3.08. The van der Waals surface area contributed by atoms with Crippen LogP contribution in [-0.4, -0.2) is 41.6 Å². The fourth-order valence-corrected chi connectivity index (χ4v) is 3.08. The molecule has 4 amide bonds. The molecule has 0 bridgehead atoms. The molecule has 1 aliphatic heterocycles. The van der Waals surface area contributed by atoms with E-state index in [9.17, 15) is 23.6 Å². The first-order chi connectivity index (χ1) is 14.9. The molecule has 0 saturated carbocycles. The number of carbonyl (C=O) groups excluding carboxylic acids is 4. The Hall–Kier alpha value is -3.75. The first-order valence-electron chi connectivity index (χ1n) is 9.90. The number of nitrogens with one attached hydrogen (secondary N) is 2. The molecule has 31 heavy (non-hydrogen) atoms. The van der Waals surface area contributed by atoms with Gasteiger partial charge in [0.2, 0.25) is 17.7 Å². The number of benzene rings is 2. The molecule has 9 heteroatoms. The van der Waals surface area contributed by atoms with Crippen LogP contribution in [0.1, 0.15) is 35.7 Å². The van der Waals surface area contributed by atoms with Gasteiger partial charge in [0.05, 0.1) is 12.2 Å². The van der Waals surface area contributed by atoms with E-state index in [4.69, 9.17) is 0 Å². The van der Waals surface area contributed by atoms with Crippen molar-refractivity contribution in [2.75, 3.05) is 18.1 Å². The second kappa shape index (κ2) is 9.84. The zero-order valence-electron chi connectivity index (χ0n) is 17.1. The molecular formula is C22H23FN4O4. The number of anilines is 1. The Morgan fingerprint density at radius 2 is 1.74 bits per heavy atom. The molecule has 3 rings (SSSR count). The standard InChI is InChI=1S/C22H23FN4O4/c1-2-26(14-20(29)24-13-15-3-7-17(23)8-4-15)22(31)16-5-9-18(10-6-16)27-21(30)12-11-19(28)25-27/h3-10H,2,11-14H2,1H3,(H,24,29)(H,25,28). The molecule has 162 valence electrons. The SMILES string of the molecule is CCN(CC(=O)NCc1ccc(F)cc1)C(=O)c1ccc(N2NC(=O)CCC2=O)cc1. The van der Waals surface area contributed by atoms with Gasteiger partial charge in [-0.2, -0.15) is 0 Å². The third kappa shape index (κ3) is 5.65. The maximum absolute atomic E-state index is 13.0. The lowest BCUT2D eigenvalue weighted by Gasteiger charge is -2.27. The number of nitrogens with zero attached hydrogens (tertiary/aromatic N) is 2. The van der Waals surface area contributed by atoms with Crippen LogP contribution in [0.3, 0.4) is 0 Å². The van der Waals surface area contributed by atoms with Gasteiger partial charge in [-0.05, 0) is 48.9 Å². The van der Waals surface area contributed by atoms with E-state index in [1.807, 2.05) is 0 Å². The summed E-state index contributed by atoms with van der Waals surface area (Å²) in [5.74, 6) is -1.50. The highest BCUT2D eigenvalue weighted by atomic mass is 19.1. The van der Waals surface area contributed by atoms with E-state index in [2.05, 4.69) is 10.7 Å². The van der Waals surface area contributed by atoms with Crippen LogP contribution in [0.25, 0.3) is 0 Å². The van der Waals surface area contributed by atoms with E-state index in [0.717, 1.165) is 5.56 Å². The van der Waals surface area contributed by atoms with Crippen molar-refractivity contribution in [1.82, 2.24) is 15.6 Å². The average molecular weight is 426 g/mol. The number of amides is 4. The smallest absolute Gasteiger partial charge is 0.254 e. The molecule has 1 saturated heterocycles. The number of hydrogen-bond donors (Lipinski definition) is 2. The maximum atomic E-state index is 13.0. The summed E-state index contributed by atoms with van der Waals surface area (Å²) < 4.78 is 13.0. The van der Waals surface area contributed by atoms with Gasteiger partial charge in [-0.15, -0.1) is 0 Å². The Morgan fingerprint density at radius 3 is 2.39 bits per heavy atom. The van der Waals surface area contributed by atoms with Crippen molar-refractivity contribution in [3.63, 3.8) is 0 Å². The van der Waals surface area contributed by atoms with Crippen molar-refractivity contribution in [3.8, 4) is 0 Å². The van der Waals surface area contributed by atoms with E-state index in [1.54, 1.807) is 43.3 Å². The lowest BCUT2D eigenvalue weighted by Crippen LogP contribution is -2.50. The minimum atomic E-state index is -0.351. The molecule has 0 radical (unpaired) electrons. The molecule has 8 nitrogen and oxygen atoms in total. The van der Waals surface area contributed by atoms with Crippen molar-refractivity contribution < 1.29 is 23.6 Å². The summed E-state index contributed by atoms with van der Waals surface area (Å²) in [7, 11) is 0. The Morgan fingerprint density at radius 1 is 1.06 bits per heavy atom. The minimum Gasteiger partial charge on any atom is -0.350 e. The molecule has 1 fully saturated rings. The highest BCUT2D eigenvalue weighted by Crippen LogP contribution is 2.18. The zero-order valence-corrected chi connectivity index (χ0v) is 17.1. The maximum Gasteiger partial charge on any atom is 0.254 e. The Kier molecular flexibility index (Phi) is 6.96. The average Bonchev–Trinajstić information content (AvgIpc) is 2.78. The summed E-state index contributed by atoms with van der Waals surface area (Å²) in [4.78, 5) is 50.0. The quantitative estimate of drug-likeness (QED) is 0.705. The number of hydrogen-bond acceptors (Lipinski definition) is 4. The van der Waals surface area contributed by atoms with Gasteiger partial charge in [0, 0.05) is 31.5 Å². The van der Waals surface area contributed by atoms with Crippen molar-refractivity contribution in [1.29, 1.82) is 0 Å². The van der Waals surface area contributed by atoms with Crippen LogP contribution in [0.5, 0.6) is 0 Å². The molecule has 2 N–H and O–H groups in total. The lowest BCUT2D eigenvalue weighted by atomic mass is 10.1. The van der Waals surface area contributed by atoms with Crippen molar-refractivity contribution in [2.24, 2.45) is 0 Å². The highest BCUT2D eigenvalue weighted by Gasteiger charge is 2.25. The number of carbonyl (C=O) groups is 4. The molecular weight excluding hydrogens is 403 g/mol. The lowest BCUT2D eigenvalue weighted by molar-refractivity contribution is -0.130. The molecule has 0 spiro atoms. The van der Waals surface area contributed by atoms with Gasteiger partial charge in [-0.3, -0.25) is 24.6 Å². The summed E-state index contributed by atoms with van der Waals surface area (Å²) in [5, 5.41) is 3.88. The van der Waals surface area contributed by atoms with Gasteiger partial charge < -0.3 is 10.2 Å².